The summed E-state index contributed by atoms with van der Waals surface area (Å²) in [6.45, 7) is 4.61. The van der Waals surface area contributed by atoms with E-state index in [-0.39, 0.29) is 0 Å². The van der Waals surface area contributed by atoms with Crippen LogP contribution in [0.2, 0.25) is 5.15 Å². The van der Waals surface area contributed by atoms with Crippen molar-refractivity contribution in [1.29, 1.82) is 0 Å². The van der Waals surface area contributed by atoms with Gasteiger partial charge in [-0.1, -0.05) is 31.9 Å². The molecule has 0 aromatic carbocycles. The van der Waals surface area contributed by atoms with Crippen LogP contribution < -0.4 is 5.32 Å². The summed E-state index contributed by atoms with van der Waals surface area (Å²) in [5.74, 6) is 0. The van der Waals surface area contributed by atoms with Gasteiger partial charge in [0.15, 0.2) is 5.15 Å². The highest BCUT2D eigenvalue weighted by Gasteiger charge is 2.34. The van der Waals surface area contributed by atoms with Crippen LogP contribution in [0.15, 0.2) is 16.7 Å². The minimum Gasteiger partial charge on any atom is -0.379 e. The normalized spacial score (nSPS) is 23.4. The van der Waals surface area contributed by atoms with Crippen LogP contribution in [0.4, 0.5) is 5.69 Å². The van der Waals surface area contributed by atoms with Crippen LogP contribution in [0.5, 0.6) is 0 Å². The summed E-state index contributed by atoms with van der Waals surface area (Å²) in [5.41, 5.74) is 1.27. The number of hydrogen-bond donors (Lipinski definition) is 1. The van der Waals surface area contributed by atoms with E-state index in [1.54, 1.807) is 6.20 Å². The van der Waals surface area contributed by atoms with Crippen LogP contribution in [0.25, 0.3) is 0 Å². The molecule has 2 nitrogen and oxygen atoms in total. The molecule has 1 aromatic heterocycles. The second-order valence-corrected chi connectivity index (χ2v) is 6.34. The first-order chi connectivity index (χ1) is 7.49. The number of aromatic nitrogens is 1. The van der Waals surface area contributed by atoms with Crippen LogP contribution in [-0.4, -0.2) is 11.0 Å². The molecule has 0 radical (unpaired) electrons. The third-order valence-electron chi connectivity index (χ3n) is 3.39. The van der Waals surface area contributed by atoms with Crippen molar-refractivity contribution in [2.45, 2.75) is 39.2 Å². The third-order valence-corrected chi connectivity index (χ3v) is 4.13. The van der Waals surface area contributed by atoms with Crippen molar-refractivity contribution < 1.29 is 0 Å². The minimum atomic E-state index is 0.339. The zero-order valence-corrected chi connectivity index (χ0v) is 11.9. The van der Waals surface area contributed by atoms with Crippen molar-refractivity contribution in [1.82, 2.24) is 4.98 Å². The van der Waals surface area contributed by atoms with Gasteiger partial charge in [0, 0.05) is 16.7 Å². The highest BCUT2D eigenvalue weighted by molar-refractivity contribution is 9.10. The number of halogens is 2. The molecule has 1 aromatic rings. The lowest BCUT2D eigenvalue weighted by Gasteiger charge is -2.28. The Morgan fingerprint density at radius 3 is 2.94 bits per heavy atom. The van der Waals surface area contributed by atoms with Crippen molar-refractivity contribution in [3.05, 3.63) is 21.9 Å². The number of anilines is 1. The van der Waals surface area contributed by atoms with Gasteiger partial charge in [-0.15, -0.1) is 0 Å². The second kappa shape index (κ2) is 4.53. The quantitative estimate of drug-likeness (QED) is 0.814. The molecule has 1 N–H and O–H groups in total. The van der Waals surface area contributed by atoms with Gasteiger partial charge in [-0.05, 0) is 40.3 Å². The molecular weight excluding hydrogens is 288 g/mol. The Kier molecular flexibility index (Phi) is 3.45. The van der Waals surface area contributed by atoms with Crippen molar-refractivity contribution in [2.75, 3.05) is 5.32 Å². The van der Waals surface area contributed by atoms with E-state index in [0.717, 1.165) is 10.2 Å². The Balaban J connectivity index is 2.17. The van der Waals surface area contributed by atoms with Crippen molar-refractivity contribution in [3.8, 4) is 0 Å². The summed E-state index contributed by atoms with van der Waals surface area (Å²) in [5, 5.41) is 4.06. The van der Waals surface area contributed by atoms with Gasteiger partial charge < -0.3 is 5.32 Å². The van der Waals surface area contributed by atoms with E-state index in [4.69, 9.17) is 11.6 Å². The summed E-state index contributed by atoms with van der Waals surface area (Å²) >= 11 is 9.49. The zero-order chi connectivity index (χ0) is 11.8. The lowest BCUT2D eigenvalue weighted by molar-refractivity contribution is 0.350. The zero-order valence-electron chi connectivity index (χ0n) is 9.56. The first kappa shape index (κ1) is 12.2. The van der Waals surface area contributed by atoms with Gasteiger partial charge in [-0.3, -0.25) is 0 Å². The average molecular weight is 304 g/mol. The van der Waals surface area contributed by atoms with Crippen LogP contribution in [-0.2, 0) is 0 Å². The molecule has 0 amide bonds. The lowest BCUT2D eigenvalue weighted by Crippen LogP contribution is -2.30. The predicted octanol–water partition coefficient (Wildman–Crippen LogP) is 4.49. The van der Waals surface area contributed by atoms with Gasteiger partial charge in [-0.2, -0.15) is 0 Å². The number of rotatable bonds is 2. The molecule has 0 saturated heterocycles. The van der Waals surface area contributed by atoms with Gasteiger partial charge in [-0.25, -0.2) is 4.98 Å². The Morgan fingerprint density at radius 1 is 1.56 bits per heavy atom. The van der Waals surface area contributed by atoms with E-state index in [2.05, 4.69) is 40.1 Å². The fourth-order valence-electron chi connectivity index (χ4n) is 2.31. The van der Waals surface area contributed by atoms with E-state index < -0.39 is 0 Å². The van der Waals surface area contributed by atoms with Crippen LogP contribution in [0.3, 0.4) is 0 Å². The van der Waals surface area contributed by atoms with Crippen LogP contribution in [0, 0.1) is 5.41 Å². The van der Waals surface area contributed by atoms with Crippen LogP contribution in [0.1, 0.15) is 33.1 Å². The van der Waals surface area contributed by atoms with E-state index in [0.29, 0.717) is 16.6 Å². The lowest BCUT2D eigenvalue weighted by atomic mass is 9.87. The highest BCUT2D eigenvalue weighted by Crippen LogP contribution is 2.39. The maximum absolute atomic E-state index is 6.07. The molecule has 1 fully saturated rings. The molecule has 4 heteroatoms. The first-order valence-corrected chi connectivity index (χ1v) is 6.74. The number of nitrogens with one attached hydrogen (secondary N) is 1. The smallest absolute Gasteiger partial charge is 0.152 e. The summed E-state index contributed by atoms with van der Waals surface area (Å²) in [6, 6.07) is 2.48. The van der Waals surface area contributed by atoms with E-state index in [1.165, 1.54) is 19.3 Å². The fraction of sp³-hybridized carbons (Fsp3) is 0.583. The SMILES string of the molecule is CC1(C)CCCC1Nc1cc(Br)cnc1Cl. The maximum atomic E-state index is 6.07. The van der Waals surface area contributed by atoms with Gasteiger partial charge in [0.1, 0.15) is 0 Å². The Bertz CT molecular complexity index is 393. The van der Waals surface area contributed by atoms with E-state index >= 15 is 0 Å². The number of pyridine rings is 1. The number of nitrogens with zero attached hydrogens (tertiary/aromatic N) is 1. The molecule has 0 aliphatic heterocycles. The summed E-state index contributed by atoms with van der Waals surface area (Å²) in [6.07, 6.45) is 5.47. The monoisotopic (exact) mass is 302 g/mol. The highest BCUT2D eigenvalue weighted by atomic mass is 79.9. The van der Waals surface area contributed by atoms with Crippen LogP contribution >= 0.6 is 27.5 Å². The average Bonchev–Trinajstić information content (AvgIpc) is 2.52. The molecule has 1 heterocycles. The van der Waals surface area contributed by atoms with E-state index in [9.17, 15) is 0 Å². The molecule has 1 aliphatic carbocycles. The molecule has 1 unspecified atom stereocenters. The number of hydrogen-bond acceptors (Lipinski definition) is 2. The third kappa shape index (κ3) is 2.51. The second-order valence-electron chi connectivity index (χ2n) is 5.07. The largest absolute Gasteiger partial charge is 0.379 e. The summed E-state index contributed by atoms with van der Waals surface area (Å²) in [7, 11) is 0. The molecule has 2 rings (SSSR count). The summed E-state index contributed by atoms with van der Waals surface area (Å²) < 4.78 is 0.954. The minimum absolute atomic E-state index is 0.339. The predicted molar refractivity (Wildman–Crippen MR) is 72.0 cm³/mol. The van der Waals surface area contributed by atoms with Gasteiger partial charge in [0.25, 0.3) is 0 Å². The molecule has 1 aliphatic rings. The Hall–Kier alpha value is -0.280. The molecule has 16 heavy (non-hydrogen) atoms. The van der Waals surface area contributed by atoms with Gasteiger partial charge in [0.05, 0.1) is 5.69 Å². The topological polar surface area (TPSA) is 24.9 Å². The first-order valence-electron chi connectivity index (χ1n) is 5.56. The molecule has 1 atom stereocenters. The summed E-state index contributed by atoms with van der Waals surface area (Å²) in [4.78, 5) is 4.12. The maximum Gasteiger partial charge on any atom is 0.152 e. The van der Waals surface area contributed by atoms with Crippen molar-refractivity contribution in [2.24, 2.45) is 5.41 Å². The molecule has 1 saturated carbocycles. The van der Waals surface area contributed by atoms with Gasteiger partial charge in [0.2, 0.25) is 0 Å². The Labute approximate surface area is 110 Å². The molecular formula is C12H16BrClN2. The fourth-order valence-corrected chi connectivity index (χ4v) is 2.80. The Morgan fingerprint density at radius 2 is 2.31 bits per heavy atom. The standard InChI is InChI=1S/C12H16BrClN2/c1-12(2)5-3-4-10(12)16-9-6-8(13)7-15-11(9)14/h6-7,10,16H,3-5H2,1-2H3. The van der Waals surface area contributed by atoms with E-state index in [1.807, 2.05) is 6.07 Å². The molecule has 88 valence electrons. The van der Waals surface area contributed by atoms with Crippen molar-refractivity contribution >= 4 is 33.2 Å². The molecule has 0 spiro atoms. The molecule has 0 bridgehead atoms. The van der Waals surface area contributed by atoms with Gasteiger partial charge >= 0.3 is 0 Å². The van der Waals surface area contributed by atoms with Crippen molar-refractivity contribution in [3.63, 3.8) is 0 Å².